The largest absolute Gasteiger partial charge is 0.456 e. The van der Waals surface area contributed by atoms with Gasteiger partial charge in [-0.3, -0.25) is 0 Å². The summed E-state index contributed by atoms with van der Waals surface area (Å²) in [5.74, 6) is 0. The van der Waals surface area contributed by atoms with Crippen LogP contribution in [0.25, 0.3) is 120 Å². The molecule has 0 fully saturated rings. The van der Waals surface area contributed by atoms with E-state index in [2.05, 4.69) is 140 Å². The summed E-state index contributed by atoms with van der Waals surface area (Å²) in [6.45, 7) is 0. The van der Waals surface area contributed by atoms with Gasteiger partial charge in [-0.2, -0.15) is 0 Å². The van der Waals surface area contributed by atoms with Gasteiger partial charge in [-0.1, -0.05) is 121 Å². The molecule has 12 rings (SSSR count). The van der Waals surface area contributed by atoms with E-state index in [0.717, 1.165) is 87.7 Å². The fraction of sp³-hybridized carbons (Fsp3) is 0. The zero-order valence-electron chi connectivity index (χ0n) is 27.2. The third-order valence-corrected chi connectivity index (χ3v) is 10.8. The highest BCUT2D eigenvalue weighted by molar-refractivity contribution is 6.31. The fourth-order valence-electron chi connectivity index (χ4n) is 8.65. The third-order valence-electron chi connectivity index (χ3n) is 10.8. The Kier molecular flexibility index (Phi) is 5.23. The second kappa shape index (κ2) is 9.87. The van der Waals surface area contributed by atoms with E-state index in [1.807, 2.05) is 18.2 Å². The lowest BCUT2D eigenvalue weighted by Crippen LogP contribution is -1.91. The molecule has 3 heteroatoms. The first kappa shape index (κ1) is 27.0. The van der Waals surface area contributed by atoms with Crippen molar-refractivity contribution in [3.05, 3.63) is 158 Å². The van der Waals surface area contributed by atoms with Crippen LogP contribution in [0.2, 0.25) is 0 Å². The highest BCUT2D eigenvalue weighted by Crippen LogP contribution is 2.50. The summed E-state index contributed by atoms with van der Waals surface area (Å²) >= 11 is 0. The van der Waals surface area contributed by atoms with Crippen LogP contribution < -0.4 is 0 Å². The van der Waals surface area contributed by atoms with Crippen molar-refractivity contribution < 1.29 is 13.3 Å². The summed E-state index contributed by atoms with van der Waals surface area (Å²) < 4.78 is 19.9. The van der Waals surface area contributed by atoms with Crippen molar-refractivity contribution in [2.75, 3.05) is 0 Å². The number of benzene rings is 9. The van der Waals surface area contributed by atoms with Crippen LogP contribution in [0.15, 0.2) is 171 Å². The Hall–Kier alpha value is -6.84. The van der Waals surface area contributed by atoms with Crippen molar-refractivity contribution in [1.82, 2.24) is 0 Å². The van der Waals surface area contributed by atoms with Crippen LogP contribution in [0.4, 0.5) is 0 Å². The molecule has 51 heavy (non-hydrogen) atoms. The first-order chi connectivity index (χ1) is 25.3. The Morgan fingerprint density at radius 3 is 1.61 bits per heavy atom. The summed E-state index contributed by atoms with van der Waals surface area (Å²) in [5, 5.41) is 13.5. The van der Waals surface area contributed by atoms with Crippen LogP contribution in [-0.4, -0.2) is 0 Å². The van der Waals surface area contributed by atoms with E-state index < -0.39 is 0 Å². The Morgan fingerprint density at radius 1 is 0.294 bits per heavy atom. The first-order valence-corrected chi connectivity index (χ1v) is 17.3. The minimum absolute atomic E-state index is 0.775. The Labute approximate surface area is 290 Å². The monoisotopic (exact) mass is 650 g/mol. The maximum Gasteiger partial charge on any atom is 0.179 e. The van der Waals surface area contributed by atoms with Crippen molar-refractivity contribution >= 4 is 98.1 Å². The van der Waals surface area contributed by atoms with Crippen molar-refractivity contribution in [3.8, 4) is 22.3 Å². The summed E-state index contributed by atoms with van der Waals surface area (Å²) in [4.78, 5) is 0. The van der Waals surface area contributed by atoms with Crippen LogP contribution in [-0.2, 0) is 0 Å². The Morgan fingerprint density at radius 2 is 0.863 bits per heavy atom. The van der Waals surface area contributed by atoms with Crippen LogP contribution in [0.1, 0.15) is 0 Å². The van der Waals surface area contributed by atoms with Crippen LogP contribution in [0.3, 0.4) is 0 Å². The quantitative estimate of drug-likeness (QED) is 0.175. The van der Waals surface area contributed by atoms with Gasteiger partial charge in [-0.15, -0.1) is 0 Å². The maximum absolute atomic E-state index is 6.81. The summed E-state index contributed by atoms with van der Waals surface area (Å²) in [7, 11) is 0. The van der Waals surface area contributed by atoms with Gasteiger partial charge in [-0.25, -0.2) is 0 Å². The number of hydrogen-bond donors (Lipinski definition) is 0. The van der Waals surface area contributed by atoms with E-state index in [0.29, 0.717) is 0 Å². The van der Waals surface area contributed by atoms with Crippen LogP contribution >= 0.6 is 0 Å². The summed E-state index contributed by atoms with van der Waals surface area (Å²) in [6.07, 6.45) is 0. The molecule has 0 saturated heterocycles. The molecule has 9 aromatic carbocycles. The van der Waals surface area contributed by atoms with E-state index in [9.17, 15) is 0 Å². The molecule has 0 aliphatic rings. The molecule has 236 valence electrons. The Balaban J connectivity index is 1.24. The molecule has 0 aliphatic heterocycles. The van der Waals surface area contributed by atoms with Crippen LogP contribution in [0.5, 0.6) is 0 Å². The van der Waals surface area contributed by atoms with Gasteiger partial charge in [0, 0.05) is 37.7 Å². The fourth-order valence-corrected chi connectivity index (χ4v) is 8.65. The molecule has 0 spiro atoms. The van der Waals surface area contributed by atoms with Crippen molar-refractivity contribution in [3.63, 3.8) is 0 Å². The molecule has 12 aromatic rings. The lowest BCUT2D eigenvalue weighted by molar-refractivity contribution is 0.635. The van der Waals surface area contributed by atoms with Crippen LogP contribution in [0, 0.1) is 0 Å². The molecule has 0 unspecified atom stereocenters. The number of fused-ring (bicyclic) bond motifs is 14. The number of rotatable bonds is 2. The molecule has 0 amide bonds. The van der Waals surface area contributed by atoms with E-state index in [1.54, 1.807) is 0 Å². The molecule has 0 atom stereocenters. The second-order valence-electron chi connectivity index (χ2n) is 13.5. The minimum atomic E-state index is 0.775. The first-order valence-electron chi connectivity index (χ1n) is 17.3. The predicted molar refractivity (Wildman–Crippen MR) is 212 cm³/mol. The summed E-state index contributed by atoms with van der Waals surface area (Å²) in [6, 6.07) is 56.0. The highest BCUT2D eigenvalue weighted by atomic mass is 16.4. The molecule has 0 bridgehead atoms. The van der Waals surface area contributed by atoms with Gasteiger partial charge in [0.1, 0.15) is 22.3 Å². The Bertz CT molecular complexity index is 3370. The average Bonchev–Trinajstić information content (AvgIpc) is 3.88. The smallest absolute Gasteiger partial charge is 0.179 e. The average molecular weight is 651 g/mol. The number of furan rings is 3. The third kappa shape index (κ3) is 3.62. The van der Waals surface area contributed by atoms with E-state index in [-0.39, 0.29) is 0 Å². The molecule has 0 N–H and O–H groups in total. The SMILES string of the molecule is c1ccc2c(c1)ccc1c3cc(-c4c5ccccc5c(-c5ccc6c(c5)oc5ccccc56)c5ccccc45)c4c5ccccc5oc4c3oc21. The number of para-hydroxylation sites is 2. The predicted octanol–water partition coefficient (Wildman–Crippen LogP) is 14.2. The molecule has 0 aliphatic carbocycles. The normalized spacial score (nSPS) is 12.3. The van der Waals surface area contributed by atoms with Gasteiger partial charge in [0.15, 0.2) is 11.2 Å². The van der Waals surface area contributed by atoms with Gasteiger partial charge in [-0.05, 0) is 85.6 Å². The molecule has 0 radical (unpaired) electrons. The van der Waals surface area contributed by atoms with E-state index in [1.165, 1.54) is 32.7 Å². The zero-order chi connectivity index (χ0) is 33.2. The molecule has 0 saturated carbocycles. The van der Waals surface area contributed by atoms with Gasteiger partial charge in [0.05, 0.1) is 0 Å². The number of hydrogen-bond acceptors (Lipinski definition) is 3. The van der Waals surface area contributed by atoms with Gasteiger partial charge in [0.25, 0.3) is 0 Å². The summed E-state index contributed by atoms with van der Waals surface area (Å²) in [5.41, 5.74) is 9.71. The second-order valence-corrected chi connectivity index (χ2v) is 13.5. The highest BCUT2D eigenvalue weighted by Gasteiger charge is 2.25. The van der Waals surface area contributed by atoms with Gasteiger partial charge >= 0.3 is 0 Å². The molecular weight excluding hydrogens is 625 g/mol. The molecule has 3 heterocycles. The lowest BCUT2D eigenvalue weighted by atomic mass is 9.84. The molecule has 3 nitrogen and oxygen atoms in total. The zero-order valence-corrected chi connectivity index (χ0v) is 27.2. The van der Waals surface area contributed by atoms with E-state index in [4.69, 9.17) is 13.3 Å². The molecule has 3 aromatic heterocycles. The minimum Gasteiger partial charge on any atom is -0.456 e. The van der Waals surface area contributed by atoms with Gasteiger partial charge in [0.2, 0.25) is 0 Å². The van der Waals surface area contributed by atoms with Gasteiger partial charge < -0.3 is 13.3 Å². The van der Waals surface area contributed by atoms with E-state index >= 15 is 0 Å². The lowest BCUT2D eigenvalue weighted by Gasteiger charge is -2.18. The topological polar surface area (TPSA) is 39.4 Å². The van der Waals surface area contributed by atoms with Crippen molar-refractivity contribution in [2.45, 2.75) is 0 Å². The van der Waals surface area contributed by atoms with Crippen molar-refractivity contribution in [1.29, 1.82) is 0 Å². The molecular formula is C48H26O3. The maximum atomic E-state index is 6.81. The standard InChI is InChI=1S/C48H26O3/c1-2-12-29-27(11-1)21-24-36-38-26-39(45-37-18-8-10-20-41(37)50-48(45)47(38)51-46(29)36)44-34-16-5-3-14-32(34)43(33-15-4-6-17-35(33)44)28-22-23-31-30-13-7-9-19-40(30)49-42(31)25-28/h1-26H. The van der Waals surface area contributed by atoms with Crippen molar-refractivity contribution in [2.24, 2.45) is 0 Å².